The molecule has 10 nitrogen and oxygen atoms in total. The summed E-state index contributed by atoms with van der Waals surface area (Å²) in [5, 5.41) is 40.1. The molecule has 1 saturated heterocycles. The van der Waals surface area contributed by atoms with Crippen LogP contribution in [0.25, 0.3) is 0 Å². The fourth-order valence-electron chi connectivity index (χ4n) is 7.71. The first kappa shape index (κ1) is 55.5. The molecular weight excluding hydrogens is 749 g/mol. The Labute approximate surface area is 361 Å². The van der Waals surface area contributed by atoms with Crippen LogP contribution in [0, 0.1) is 0 Å². The highest BCUT2D eigenvalue weighted by Crippen LogP contribution is 2.23. The second-order valence-corrected chi connectivity index (χ2v) is 17.3. The van der Waals surface area contributed by atoms with Crippen LogP contribution in [0.4, 0.5) is 0 Å². The van der Waals surface area contributed by atoms with E-state index in [4.69, 9.17) is 18.9 Å². The van der Waals surface area contributed by atoms with Gasteiger partial charge in [0.05, 0.1) is 13.2 Å². The Kier molecular flexibility index (Phi) is 38.1. The maximum Gasteiger partial charge on any atom is 0.306 e. The van der Waals surface area contributed by atoms with Gasteiger partial charge in [0.25, 0.3) is 0 Å². The van der Waals surface area contributed by atoms with Crippen LogP contribution in [0.3, 0.4) is 0 Å². The summed E-state index contributed by atoms with van der Waals surface area (Å²) in [6.45, 7) is 3.42. The summed E-state index contributed by atoms with van der Waals surface area (Å²) in [6.07, 6.45) is 36.6. The molecule has 1 aliphatic heterocycles. The highest BCUT2D eigenvalue weighted by atomic mass is 16.7. The van der Waals surface area contributed by atoms with Gasteiger partial charge in [-0.15, -0.1) is 0 Å². The molecule has 1 rings (SSSR count). The molecule has 0 saturated carbocycles. The lowest BCUT2D eigenvalue weighted by atomic mass is 9.99. The van der Waals surface area contributed by atoms with Crippen LogP contribution >= 0.6 is 0 Å². The van der Waals surface area contributed by atoms with E-state index < -0.39 is 49.4 Å². The number of allylic oxidation sites excluding steroid dienone is 2. The van der Waals surface area contributed by atoms with Crippen molar-refractivity contribution in [2.45, 2.75) is 269 Å². The zero-order valence-electron chi connectivity index (χ0n) is 38.0. The molecule has 0 aromatic rings. The number of unbranched alkanes of at least 4 members (excludes halogenated alkanes) is 29. The number of aliphatic hydroxyl groups excluding tert-OH is 4. The summed E-state index contributed by atoms with van der Waals surface area (Å²) in [7, 11) is 0. The van der Waals surface area contributed by atoms with Gasteiger partial charge in [-0.1, -0.05) is 193 Å². The summed E-state index contributed by atoms with van der Waals surface area (Å²) >= 11 is 0. The third-order valence-electron chi connectivity index (χ3n) is 11.7. The first-order chi connectivity index (χ1) is 28.8. The third-order valence-corrected chi connectivity index (χ3v) is 11.7. The molecule has 0 aromatic carbocycles. The van der Waals surface area contributed by atoms with Crippen LogP contribution in [0.15, 0.2) is 12.2 Å². The number of rotatable bonds is 42. The Bertz CT molecular complexity index is 974. The van der Waals surface area contributed by atoms with E-state index in [2.05, 4.69) is 26.0 Å². The quantitative estimate of drug-likeness (QED) is 0.0265. The molecule has 1 aliphatic rings. The average molecular weight is 841 g/mol. The fraction of sp³-hybridized carbons (Fsp3) is 0.918. The number of esters is 2. The molecule has 0 spiro atoms. The maximum absolute atomic E-state index is 12.8. The number of hydrogen-bond acceptors (Lipinski definition) is 10. The van der Waals surface area contributed by atoms with E-state index in [1.54, 1.807) is 0 Å². The summed E-state index contributed by atoms with van der Waals surface area (Å²) in [5.41, 5.74) is 0. The van der Waals surface area contributed by atoms with Crippen molar-refractivity contribution in [1.29, 1.82) is 0 Å². The van der Waals surface area contributed by atoms with E-state index in [-0.39, 0.29) is 32.0 Å². The third kappa shape index (κ3) is 31.9. The SMILES string of the molecule is CCCCC/C=C/CCCCCCCC(=O)OC[C@H](CO[C@@H]1O[C@H](CO)[C@H](O)C(O)C1O)OC(=O)CCCCCCCCCCCCCCCCCCCCCCCC. The number of hydrogen-bond donors (Lipinski definition) is 4. The van der Waals surface area contributed by atoms with Crippen molar-refractivity contribution in [3.63, 3.8) is 0 Å². The molecule has 4 N–H and O–H groups in total. The standard InChI is InChI=1S/C49H92O10/c1-3-5-7-9-11-13-15-17-18-19-20-21-22-23-24-25-26-28-30-32-34-36-38-45(52)58-42(41-57-49-48(55)47(54)46(53)43(39-50)59-49)40-56-44(51)37-35-33-31-29-27-16-14-12-10-8-6-4-2/h12,14,42-43,46-50,53-55H,3-11,13,15-41H2,1-2H3/b14-12+/t42-,43-,46+,47?,48?,49-/m1/s1. The molecule has 10 heteroatoms. The Morgan fingerprint density at radius 2 is 0.898 bits per heavy atom. The molecule has 1 fully saturated rings. The Balaban J connectivity index is 2.23. The van der Waals surface area contributed by atoms with Crippen LogP contribution in [-0.2, 0) is 28.5 Å². The smallest absolute Gasteiger partial charge is 0.306 e. The van der Waals surface area contributed by atoms with Crippen molar-refractivity contribution in [2.75, 3.05) is 19.8 Å². The molecule has 0 amide bonds. The van der Waals surface area contributed by atoms with Crippen molar-refractivity contribution < 1.29 is 49.0 Å². The van der Waals surface area contributed by atoms with E-state index >= 15 is 0 Å². The Morgan fingerprint density at radius 3 is 1.36 bits per heavy atom. The molecule has 348 valence electrons. The predicted molar refractivity (Wildman–Crippen MR) is 238 cm³/mol. The van der Waals surface area contributed by atoms with Crippen molar-refractivity contribution >= 4 is 11.9 Å². The summed E-state index contributed by atoms with van der Waals surface area (Å²) in [4.78, 5) is 25.4. The first-order valence-corrected chi connectivity index (χ1v) is 24.8. The molecule has 2 unspecified atom stereocenters. The van der Waals surface area contributed by atoms with Gasteiger partial charge in [-0.3, -0.25) is 9.59 Å². The van der Waals surface area contributed by atoms with E-state index in [1.165, 1.54) is 135 Å². The van der Waals surface area contributed by atoms with Gasteiger partial charge in [-0.2, -0.15) is 0 Å². The second kappa shape index (κ2) is 40.5. The van der Waals surface area contributed by atoms with E-state index in [9.17, 15) is 30.0 Å². The van der Waals surface area contributed by atoms with E-state index in [1.807, 2.05) is 0 Å². The van der Waals surface area contributed by atoms with Gasteiger partial charge >= 0.3 is 11.9 Å². The van der Waals surface area contributed by atoms with Gasteiger partial charge < -0.3 is 39.4 Å². The van der Waals surface area contributed by atoms with Crippen LogP contribution in [0.2, 0.25) is 0 Å². The Morgan fingerprint density at radius 1 is 0.508 bits per heavy atom. The lowest BCUT2D eigenvalue weighted by Crippen LogP contribution is -2.59. The minimum Gasteiger partial charge on any atom is -0.462 e. The summed E-state index contributed by atoms with van der Waals surface area (Å²) < 4.78 is 22.2. The Hall–Kier alpha value is -1.56. The van der Waals surface area contributed by atoms with Crippen LogP contribution < -0.4 is 0 Å². The van der Waals surface area contributed by atoms with Crippen LogP contribution in [-0.4, -0.2) is 89.0 Å². The highest BCUT2D eigenvalue weighted by Gasteiger charge is 2.44. The van der Waals surface area contributed by atoms with E-state index in [0.29, 0.717) is 6.42 Å². The molecule has 1 heterocycles. The van der Waals surface area contributed by atoms with Crippen molar-refractivity contribution in [2.24, 2.45) is 0 Å². The lowest BCUT2D eigenvalue weighted by molar-refractivity contribution is -0.305. The summed E-state index contributed by atoms with van der Waals surface area (Å²) in [5.74, 6) is -0.805. The number of aliphatic hydroxyl groups is 4. The molecule has 0 radical (unpaired) electrons. The fourth-order valence-corrected chi connectivity index (χ4v) is 7.71. The van der Waals surface area contributed by atoms with Crippen molar-refractivity contribution in [3.8, 4) is 0 Å². The van der Waals surface area contributed by atoms with Gasteiger partial charge in [-0.25, -0.2) is 0 Å². The molecule has 59 heavy (non-hydrogen) atoms. The second-order valence-electron chi connectivity index (χ2n) is 17.3. The van der Waals surface area contributed by atoms with Gasteiger partial charge in [0.1, 0.15) is 31.0 Å². The average Bonchev–Trinajstić information content (AvgIpc) is 3.23. The molecule has 0 bridgehead atoms. The summed E-state index contributed by atoms with van der Waals surface area (Å²) in [6, 6.07) is 0. The number of carbonyl (C=O) groups excluding carboxylic acids is 2. The monoisotopic (exact) mass is 841 g/mol. The van der Waals surface area contributed by atoms with Gasteiger partial charge in [0.15, 0.2) is 12.4 Å². The van der Waals surface area contributed by atoms with E-state index in [0.717, 1.165) is 64.2 Å². The largest absolute Gasteiger partial charge is 0.462 e. The highest BCUT2D eigenvalue weighted by molar-refractivity contribution is 5.70. The molecule has 0 aliphatic carbocycles. The van der Waals surface area contributed by atoms with Crippen LogP contribution in [0.1, 0.15) is 232 Å². The maximum atomic E-state index is 12.8. The number of carbonyl (C=O) groups is 2. The zero-order chi connectivity index (χ0) is 43.0. The topological polar surface area (TPSA) is 152 Å². The predicted octanol–water partition coefficient (Wildman–Crippen LogP) is 11.1. The van der Waals surface area contributed by atoms with Crippen molar-refractivity contribution in [3.05, 3.63) is 12.2 Å². The normalized spacial score (nSPS) is 20.0. The number of ether oxygens (including phenoxy) is 4. The first-order valence-electron chi connectivity index (χ1n) is 24.8. The van der Waals surface area contributed by atoms with Gasteiger partial charge in [0, 0.05) is 12.8 Å². The lowest BCUT2D eigenvalue weighted by Gasteiger charge is -2.39. The van der Waals surface area contributed by atoms with Crippen LogP contribution in [0.5, 0.6) is 0 Å². The van der Waals surface area contributed by atoms with Crippen molar-refractivity contribution in [1.82, 2.24) is 0 Å². The zero-order valence-corrected chi connectivity index (χ0v) is 38.0. The van der Waals surface area contributed by atoms with Gasteiger partial charge in [-0.05, 0) is 38.5 Å². The molecule has 0 aromatic heterocycles. The van der Waals surface area contributed by atoms with Gasteiger partial charge in [0.2, 0.25) is 0 Å². The minimum absolute atomic E-state index is 0.216. The molecule has 6 atom stereocenters. The molecular formula is C49H92O10. The minimum atomic E-state index is -1.59.